The lowest BCUT2D eigenvalue weighted by Crippen LogP contribution is -2.27. The van der Waals surface area contributed by atoms with Crippen LogP contribution in [0.1, 0.15) is 34.6 Å². The minimum absolute atomic E-state index is 0.184. The monoisotopic (exact) mass is 430 g/mol. The number of carbonyl (C=O) groups is 1. The summed E-state index contributed by atoms with van der Waals surface area (Å²) in [7, 11) is 0. The maximum Gasteiger partial charge on any atom is 0.272 e. The van der Waals surface area contributed by atoms with E-state index in [1.165, 1.54) is 12.1 Å². The van der Waals surface area contributed by atoms with Crippen LogP contribution in [-0.2, 0) is 12.8 Å². The lowest BCUT2D eigenvalue weighted by molar-refractivity contribution is 0.0945. The van der Waals surface area contributed by atoms with E-state index in [1.807, 2.05) is 30.3 Å². The number of pyridine rings is 1. The van der Waals surface area contributed by atoms with Crippen molar-refractivity contribution in [1.82, 2.24) is 20.1 Å². The highest BCUT2D eigenvalue weighted by molar-refractivity contribution is 5.94. The zero-order valence-electron chi connectivity index (χ0n) is 17.6. The van der Waals surface area contributed by atoms with Crippen molar-refractivity contribution in [2.75, 3.05) is 13.2 Å². The Labute approximate surface area is 185 Å². The van der Waals surface area contributed by atoms with Crippen LogP contribution >= 0.6 is 0 Å². The highest BCUT2D eigenvalue weighted by Gasteiger charge is 2.26. The number of amides is 1. The van der Waals surface area contributed by atoms with Crippen LogP contribution in [0.25, 0.3) is 16.6 Å². The molecule has 0 fully saturated rings. The van der Waals surface area contributed by atoms with Crippen molar-refractivity contribution >= 4 is 16.8 Å². The Morgan fingerprint density at radius 2 is 1.94 bits per heavy atom. The summed E-state index contributed by atoms with van der Waals surface area (Å²) in [6.07, 6.45) is 5.09. The topological polar surface area (TPSA) is 69.0 Å². The van der Waals surface area contributed by atoms with Gasteiger partial charge in [0.05, 0.1) is 12.3 Å². The molecule has 0 bridgehead atoms. The van der Waals surface area contributed by atoms with Gasteiger partial charge in [0.2, 0.25) is 0 Å². The summed E-state index contributed by atoms with van der Waals surface area (Å²) in [5.74, 6) is 0.262. The molecule has 7 heteroatoms. The van der Waals surface area contributed by atoms with Crippen LogP contribution in [-0.4, -0.2) is 33.8 Å². The van der Waals surface area contributed by atoms with Crippen LogP contribution in [0.3, 0.4) is 0 Å². The molecule has 162 valence electrons. The van der Waals surface area contributed by atoms with Crippen molar-refractivity contribution in [2.24, 2.45) is 0 Å². The zero-order chi connectivity index (χ0) is 21.9. The molecule has 6 nitrogen and oxygen atoms in total. The van der Waals surface area contributed by atoms with Crippen molar-refractivity contribution in [1.29, 1.82) is 0 Å². The summed E-state index contributed by atoms with van der Waals surface area (Å²) in [6, 6.07) is 15.9. The molecule has 1 N–H and O–H groups in total. The van der Waals surface area contributed by atoms with Crippen LogP contribution in [0.4, 0.5) is 4.39 Å². The van der Waals surface area contributed by atoms with Gasteiger partial charge in [-0.2, -0.15) is 5.10 Å². The molecule has 0 saturated heterocycles. The Hall–Kier alpha value is -3.74. The molecule has 2 aromatic heterocycles. The molecule has 0 radical (unpaired) electrons. The van der Waals surface area contributed by atoms with Gasteiger partial charge in [-0.15, -0.1) is 0 Å². The van der Waals surface area contributed by atoms with Gasteiger partial charge >= 0.3 is 0 Å². The number of hydrogen-bond acceptors (Lipinski definition) is 4. The van der Waals surface area contributed by atoms with Crippen molar-refractivity contribution in [3.05, 3.63) is 83.6 Å². The minimum Gasteiger partial charge on any atom is -0.491 e. The van der Waals surface area contributed by atoms with Crippen LogP contribution in [0.15, 0.2) is 60.8 Å². The quantitative estimate of drug-likeness (QED) is 0.445. The van der Waals surface area contributed by atoms with E-state index in [-0.39, 0.29) is 11.7 Å². The van der Waals surface area contributed by atoms with Crippen molar-refractivity contribution in [3.63, 3.8) is 0 Å². The summed E-state index contributed by atoms with van der Waals surface area (Å²) in [5, 5.41) is 8.54. The average Bonchev–Trinajstić information content (AvgIpc) is 3.42. The first kappa shape index (κ1) is 20.2. The third kappa shape index (κ3) is 3.93. The van der Waals surface area contributed by atoms with E-state index >= 15 is 0 Å². The van der Waals surface area contributed by atoms with Crippen LogP contribution < -0.4 is 10.1 Å². The van der Waals surface area contributed by atoms with E-state index in [4.69, 9.17) is 4.74 Å². The molecule has 5 rings (SSSR count). The maximum atomic E-state index is 13.3. The van der Waals surface area contributed by atoms with Gasteiger partial charge < -0.3 is 10.1 Å². The summed E-state index contributed by atoms with van der Waals surface area (Å²) in [5.41, 5.74) is 4.08. The van der Waals surface area contributed by atoms with Gasteiger partial charge in [0.25, 0.3) is 5.91 Å². The number of nitrogens with zero attached hydrogens (tertiary/aromatic N) is 3. The van der Waals surface area contributed by atoms with Gasteiger partial charge in [0.1, 0.15) is 17.1 Å². The lowest BCUT2D eigenvalue weighted by atomic mass is 10.2. The van der Waals surface area contributed by atoms with Gasteiger partial charge in [0, 0.05) is 29.4 Å². The van der Waals surface area contributed by atoms with Crippen molar-refractivity contribution in [3.8, 4) is 11.4 Å². The smallest absolute Gasteiger partial charge is 0.272 e. The van der Waals surface area contributed by atoms with Crippen molar-refractivity contribution in [2.45, 2.75) is 25.7 Å². The SMILES string of the molecule is O=C(NCCCOc1cccc2cccnc12)c1nn(-c2ccc(F)cc2)c2c1CCC2. The number of hydrogen-bond donors (Lipinski definition) is 1. The molecule has 0 spiro atoms. The number of rotatable bonds is 7. The number of aromatic nitrogens is 3. The Morgan fingerprint density at radius 3 is 2.81 bits per heavy atom. The molecule has 0 aliphatic heterocycles. The van der Waals surface area contributed by atoms with Crippen LogP contribution in [0.5, 0.6) is 5.75 Å². The van der Waals surface area contributed by atoms with E-state index in [1.54, 1.807) is 23.0 Å². The molecule has 2 aromatic carbocycles. The Morgan fingerprint density at radius 1 is 1.09 bits per heavy atom. The second-order valence-electron chi connectivity index (χ2n) is 7.80. The van der Waals surface area contributed by atoms with Crippen molar-refractivity contribution < 1.29 is 13.9 Å². The predicted molar refractivity (Wildman–Crippen MR) is 120 cm³/mol. The molecule has 4 aromatic rings. The third-order valence-electron chi connectivity index (χ3n) is 5.68. The second-order valence-corrected chi connectivity index (χ2v) is 7.80. The first-order valence-corrected chi connectivity index (χ1v) is 10.8. The molecular formula is C25H23FN4O2. The number of ether oxygens (including phenoxy) is 1. The van der Waals surface area contributed by atoms with Crippen LogP contribution in [0, 0.1) is 5.82 Å². The minimum atomic E-state index is -0.294. The molecule has 1 amide bonds. The van der Waals surface area contributed by atoms with Gasteiger partial charge in [-0.25, -0.2) is 9.07 Å². The summed E-state index contributed by atoms with van der Waals surface area (Å²) < 4.78 is 20.9. The largest absolute Gasteiger partial charge is 0.491 e. The highest BCUT2D eigenvalue weighted by Crippen LogP contribution is 2.28. The Balaban J connectivity index is 1.20. The van der Waals surface area contributed by atoms with E-state index in [2.05, 4.69) is 15.4 Å². The first-order chi connectivity index (χ1) is 15.7. The fourth-order valence-electron chi connectivity index (χ4n) is 4.15. The molecule has 32 heavy (non-hydrogen) atoms. The van der Waals surface area contributed by atoms with Gasteiger partial charge in [0.15, 0.2) is 5.69 Å². The van der Waals surface area contributed by atoms with E-state index < -0.39 is 0 Å². The lowest BCUT2D eigenvalue weighted by Gasteiger charge is -2.09. The van der Waals surface area contributed by atoms with E-state index in [0.29, 0.717) is 25.3 Å². The molecular weight excluding hydrogens is 407 g/mol. The fourth-order valence-corrected chi connectivity index (χ4v) is 4.15. The average molecular weight is 430 g/mol. The Bertz CT molecular complexity index is 1260. The number of carbonyl (C=O) groups excluding carboxylic acids is 1. The molecule has 0 atom stereocenters. The predicted octanol–water partition coefficient (Wildman–Crippen LogP) is 4.25. The van der Waals surface area contributed by atoms with Crippen LogP contribution in [0.2, 0.25) is 0 Å². The molecule has 1 aliphatic carbocycles. The fraction of sp³-hybridized carbons (Fsp3) is 0.240. The second kappa shape index (κ2) is 8.78. The molecule has 1 aliphatic rings. The van der Waals surface area contributed by atoms with Gasteiger partial charge in [-0.1, -0.05) is 18.2 Å². The molecule has 0 unspecified atom stereocenters. The van der Waals surface area contributed by atoms with Gasteiger partial charge in [-0.3, -0.25) is 9.78 Å². The van der Waals surface area contributed by atoms with E-state index in [9.17, 15) is 9.18 Å². The highest BCUT2D eigenvalue weighted by atomic mass is 19.1. The summed E-state index contributed by atoms with van der Waals surface area (Å²) >= 11 is 0. The standard InChI is InChI=1S/C25H23FN4O2/c26-18-10-12-19(13-11-18)30-21-8-2-7-20(21)24(29-30)25(31)28-15-4-16-32-22-9-1-5-17-6-3-14-27-23(17)22/h1,3,5-6,9-14H,2,4,7-8,15-16H2,(H,28,31). The zero-order valence-corrected chi connectivity index (χ0v) is 17.6. The first-order valence-electron chi connectivity index (χ1n) is 10.8. The number of halogens is 1. The number of benzene rings is 2. The summed E-state index contributed by atoms with van der Waals surface area (Å²) in [6.45, 7) is 0.952. The maximum absolute atomic E-state index is 13.3. The number of para-hydroxylation sites is 1. The number of fused-ring (bicyclic) bond motifs is 2. The van der Waals surface area contributed by atoms with E-state index in [0.717, 1.165) is 52.9 Å². The molecule has 2 heterocycles. The normalized spacial score (nSPS) is 12.7. The molecule has 0 saturated carbocycles. The Kier molecular flexibility index (Phi) is 5.54. The van der Waals surface area contributed by atoms with Gasteiger partial charge in [-0.05, 0) is 62.1 Å². The third-order valence-corrected chi connectivity index (χ3v) is 5.68. The number of nitrogens with one attached hydrogen (secondary N) is 1. The summed E-state index contributed by atoms with van der Waals surface area (Å²) in [4.78, 5) is 17.2.